The van der Waals surface area contributed by atoms with E-state index in [9.17, 15) is 19.5 Å². The molecule has 2 rings (SSSR count). The highest BCUT2D eigenvalue weighted by Crippen LogP contribution is 2.31. The van der Waals surface area contributed by atoms with Crippen LogP contribution in [0.2, 0.25) is 0 Å². The molecular weight excluding hydrogens is 322 g/mol. The fraction of sp³-hybridized carbons (Fsp3) is 0.278. The van der Waals surface area contributed by atoms with Gasteiger partial charge in [-0.05, 0) is 18.6 Å². The Labute approximate surface area is 144 Å². The number of amides is 1. The number of anilines is 3. The van der Waals surface area contributed by atoms with Gasteiger partial charge in [-0.2, -0.15) is 0 Å². The lowest BCUT2D eigenvalue weighted by Gasteiger charge is -2.20. The van der Waals surface area contributed by atoms with Crippen molar-refractivity contribution in [3.8, 4) is 18.1 Å². The van der Waals surface area contributed by atoms with Crippen LogP contribution < -0.4 is 26.8 Å². The normalized spacial score (nSPS) is 11.6. The standard InChI is InChI=1S/C18H19N3O4/c1-4-7-10(5-2)20-13-14(17(24)16(13)23)21-12-9-6-8-11(15(12)22)18(25)19-3/h1,6,8-10,20-22H,5,7H2,2-3H3,(H,19,25). The molecular formula is C18H19N3O4. The molecule has 0 aliphatic heterocycles. The van der Waals surface area contributed by atoms with Crippen molar-refractivity contribution in [2.45, 2.75) is 25.8 Å². The molecule has 0 radical (unpaired) electrons. The summed E-state index contributed by atoms with van der Waals surface area (Å²) in [6.07, 6.45) is 6.38. The molecule has 0 spiro atoms. The van der Waals surface area contributed by atoms with E-state index in [4.69, 9.17) is 6.42 Å². The molecule has 0 saturated carbocycles. The summed E-state index contributed by atoms with van der Waals surface area (Å²) in [5.74, 6) is 1.74. The van der Waals surface area contributed by atoms with E-state index in [-0.39, 0.29) is 34.4 Å². The summed E-state index contributed by atoms with van der Waals surface area (Å²) in [6, 6.07) is 4.36. The largest absolute Gasteiger partial charge is 0.505 e. The first kappa shape index (κ1) is 18.1. The van der Waals surface area contributed by atoms with E-state index in [0.29, 0.717) is 12.8 Å². The first-order valence-electron chi connectivity index (χ1n) is 7.78. The van der Waals surface area contributed by atoms with Gasteiger partial charge in [-0.15, -0.1) is 12.3 Å². The second kappa shape index (κ2) is 7.53. The summed E-state index contributed by atoms with van der Waals surface area (Å²) in [7, 11) is 1.44. The first-order chi connectivity index (χ1) is 11.9. The van der Waals surface area contributed by atoms with E-state index in [1.807, 2.05) is 6.92 Å². The van der Waals surface area contributed by atoms with Crippen LogP contribution in [-0.2, 0) is 0 Å². The highest BCUT2D eigenvalue weighted by atomic mass is 16.3. The molecule has 130 valence electrons. The molecule has 2 aromatic carbocycles. The lowest BCUT2D eigenvalue weighted by molar-refractivity contribution is 0.0960. The van der Waals surface area contributed by atoms with Gasteiger partial charge in [0, 0.05) is 19.5 Å². The van der Waals surface area contributed by atoms with Crippen LogP contribution in [0.5, 0.6) is 5.75 Å². The quantitative estimate of drug-likeness (QED) is 0.344. The average molecular weight is 341 g/mol. The number of phenols is 1. The monoisotopic (exact) mass is 341 g/mol. The number of rotatable bonds is 7. The number of nitrogens with one attached hydrogen (secondary N) is 3. The SMILES string of the molecule is C#CCC(CC)Nc1c(Nc2cccc(C(=O)NC)c2O)c(=O)c1=O. The number of carbonyl (C=O) groups is 1. The van der Waals surface area contributed by atoms with Gasteiger partial charge in [0.15, 0.2) is 5.75 Å². The molecule has 1 amide bonds. The number of carbonyl (C=O) groups excluding carboxylic acids is 1. The Balaban J connectivity index is 2.32. The minimum absolute atomic E-state index is 0.0461. The summed E-state index contributed by atoms with van der Waals surface area (Å²) in [5.41, 5.74) is -0.940. The Bertz CT molecular complexity index is 904. The molecule has 1 unspecified atom stereocenters. The maximum absolute atomic E-state index is 11.9. The number of aromatic hydroxyl groups is 1. The van der Waals surface area contributed by atoms with E-state index in [1.165, 1.54) is 19.2 Å². The van der Waals surface area contributed by atoms with Crippen LogP contribution in [0.25, 0.3) is 0 Å². The molecule has 1 atom stereocenters. The van der Waals surface area contributed by atoms with Gasteiger partial charge >= 0.3 is 0 Å². The van der Waals surface area contributed by atoms with Gasteiger partial charge in [0.25, 0.3) is 16.8 Å². The van der Waals surface area contributed by atoms with E-state index >= 15 is 0 Å². The lowest BCUT2D eigenvalue weighted by atomic mass is 10.1. The van der Waals surface area contributed by atoms with Crippen molar-refractivity contribution in [3.63, 3.8) is 0 Å². The Hall–Kier alpha value is -3.27. The van der Waals surface area contributed by atoms with Gasteiger partial charge in [-0.1, -0.05) is 13.0 Å². The summed E-state index contributed by atoms with van der Waals surface area (Å²) >= 11 is 0. The lowest BCUT2D eigenvalue weighted by Crippen LogP contribution is -2.38. The highest BCUT2D eigenvalue weighted by molar-refractivity contribution is 5.99. The van der Waals surface area contributed by atoms with Crippen molar-refractivity contribution in [2.75, 3.05) is 17.7 Å². The summed E-state index contributed by atoms with van der Waals surface area (Å²) in [6.45, 7) is 1.91. The van der Waals surface area contributed by atoms with Crippen molar-refractivity contribution >= 4 is 23.0 Å². The zero-order valence-electron chi connectivity index (χ0n) is 14.0. The Morgan fingerprint density at radius 3 is 2.56 bits per heavy atom. The maximum Gasteiger partial charge on any atom is 0.254 e. The molecule has 0 heterocycles. The highest BCUT2D eigenvalue weighted by Gasteiger charge is 2.24. The molecule has 7 heteroatoms. The van der Waals surface area contributed by atoms with E-state index in [2.05, 4.69) is 21.9 Å². The smallest absolute Gasteiger partial charge is 0.254 e. The summed E-state index contributed by atoms with van der Waals surface area (Å²) < 4.78 is 0. The minimum atomic E-state index is -0.692. The second-order valence-electron chi connectivity index (χ2n) is 5.47. The first-order valence-corrected chi connectivity index (χ1v) is 7.78. The van der Waals surface area contributed by atoms with Crippen LogP contribution in [-0.4, -0.2) is 24.1 Å². The van der Waals surface area contributed by atoms with E-state index in [1.54, 1.807) is 6.07 Å². The van der Waals surface area contributed by atoms with Crippen LogP contribution in [0.3, 0.4) is 0 Å². The second-order valence-corrected chi connectivity index (χ2v) is 5.47. The Morgan fingerprint density at radius 2 is 1.96 bits per heavy atom. The van der Waals surface area contributed by atoms with Crippen molar-refractivity contribution in [1.82, 2.24) is 5.32 Å². The van der Waals surface area contributed by atoms with Gasteiger partial charge in [-0.3, -0.25) is 14.4 Å². The van der Waals surface area contributed by atoms with E-state index < -0.39 is 16.8 Å². The molecule has 4 N–H and O–H groups in total. The number of phenolic OH excluding ortho intramolecular Hbond substituents is 1. The fourth-order valence-corrected chi connectivity index (χ4v) is 2.39. The molecule has 0 aliphatic carbocycles. The van der Waals surface area contributed by atoms with Crippen LogP contribution in [0.1, 0.15) is 30.1 Å². The topological polar surface area (TPSA) is 108 Å². The molecule has 0 bridgehead atoms. The summed E-state index contributed by atoms with van der Waals surface area (Å²) in [5, 5.41) is 18.3. The molecule has 0 aromatic heterocycles. The number of terminal acetylenes is 1. The van der Waals surface area contributed by atoms with Gasteiger partial charge in [0.05, 0.1) is 11.3 Å². The van der Waals surface area contributed by atoms with Crippen LogP contribution in [0.15, 0.2) is 27.8 Å². The zero-order chi connectivity index (χ0) is 18.6. The molecule has 25 heavy (non-hydrogen) atoms. The number of para-hydroxylation sites is 1. The predicted octanol–water partition coefficient (Wildman–Crippen LogP) is 1.31. The van der Waals surface area contributed by atoms with Crippen molar-refractivity contribution in [1.29, 1.82) is 0 Å². The third kappa shape index (κ3) is 3.48. The van der Waals surface area contributed by atoms with Crippen LogP contribution in [0.4, 0.5) is 17.1 Å². The van der Waals surface area contributed by atoms with Gasteiger partial charge in [0.1, 0.15) is 11.4 Å². The number of hydrogen-bond donors (Lipinski definition) is 4. The Kier molecular flexibility index (Phi) is 5.45. The molecule has 0 fully saturated rings. The minimum Gasteiger partial charge on any atom is -0.505 e. The van der Waals surface area contributed by atoms with Gasteiger partial charge in [-0.25, -0.2) is 0 Å². The Morgan fingerprint density at radius 1 is 1.28 bits per heavy atom. The van der Waals surface area contributed by atoms with Crippen molar-refractivity contribution in [2.24, 2.45) is 0 Å². The summed E-state index contributed by atoms with van der Waals surface area (Å²) in [4.78, 5) is 35.4. The van der Waals surface area contributed by atoms with Crippen molar-refractivity contribution < 1.29 is 9.90 Å². The third-order valence-corrected chi connectivity index (χ3v) is 3.88. The van der Waals surface area contributed by atoms with E-state index in [0.717, 1.165) is 0 Å². The molecule has 7 nitrogen and oxygen atoms in total. The van der Waals surface area contributed by atoms with Crippen LogP contribution in [0, 0.1) is 12.3 Å². The fourth-order valence-electron chi connectivity index (χ4n) is 2.39. The van der Waals surface area contributed by atoms with Crippen LogP contribution >= 0.6 is 0 Å². The van der Waals surface area contributed by atoms with Crippen molar-refractivity contribution in [3.05, 3.63) is 44.2 Å². The number of hydrogen-bond acceptors (Lipinski definition) is 6. The molecule has 0 saturated heterocycles. The zero-order valence-corrected chi connectivity index (χ0v) is 14.0. The molecule has 2 aromatic rings. The molecule has 0 aliphatic rings. The maximum atomic E-state index is 11.9. The number of benzene rings is 1. The van der Waals surface area contributed by atoms with Gasteiger partial charge in [0.2, 0.25) is 0 Å². The third-order valence-electron chi connectivity index (χ3n) is 3.88. The predicted molar refractivity (Wildman–Crippen MR) is 97.3 cm³/mol. The average Bonchev–Trinajstić information content (AvgIpc) is 2.63. The van der Waals surface area contributed by atoms with Gasteiger partial charge < -0.3 is 21.1 Å².